The number of nitrogens with zero attached hydrogens (tertiary/aromatic N) is 2. The molecular formula is C24H29ClN4O4S. The third-order valence-corrected chi connectivity index (χ3v) is 7.53. The van der Waals surface area contributed by atoms with E-state index < -0.39 is 6.04 Å². The summed E-state index contributed by atoms with van der Waals surface area (Å²) in [6.07, 6.45) is 3.25. The second kappa shape index (κ2) is 11.3. The predicted octanol–water partition coefficient (Wildman–Crippen LogP) is 3.38. The zero-order valence-electron chi connectivity index (χ0n) is 19.1. The van der Waals surface area contributed by atoms with Gasteiger partial charge in [0.1, 0.15) is 12.6 Å². The Hall–Kier alpha value is -2.46. The van der Waals surface area contributed by atoms with E-state index in [1.807, 2.05) is 19.1 Å². The molecule has 2 heterocycles. The Morgan fingerprint density at radius 1 is 1.24 bits per heavy atom. The fraction of sp³-hybridized carbons (Fsp3) is 0.458. The van der Waals surface area contributed by atoms with E-state index in [9.17, 15) is 14.4 Å². The van der Waals surface area contributed by atoms with Gasteiger partial charge in [0.05, 0.1) is 15.8 Å². The van der Waals surface area contributed by atoms with Crippen molar-refractivity contribution in [2.75, 3.05) is 43.1 Å². The fourth-order valence-corrected chi connectivity index (χ4v) is 5.23. The number of halogens is 1. The van der Waals surface area contributed by atoms with Crippen LogP contribution in [-0.2, 0) is 14.3 Å². The van der Waals surface area contributed by atoms with Gasteiger partial charge in [-0.3, -0.25) is 19.3 Å². The molecule has 2 aromatic rings. The topological polar surface area (TPSA) is 91.0 Å². The first-order valence-corrected chi connectivity index (χ1v) is 12.7. The second-order valence-electron chi connectivity index (χ2n) is 8.38. The molecular weight excluding hydrogens is 476 g/mol. The number of anilines is 2. The van der Waals surface area contributed by atoms with Gasteiger partial charge >= 0.3 is 0 Å². The zero-order chi connectivity index (χ0) is 24.1. The Morgan fingerprint density at radius 2 is 2.00 bits per heavy atom. The number of benzene rings is 1. The van der Waals surface area contributed by atoms with E-state index in [2.05, 4.69) is 15.5 Å². The quantitative estimate of drug-likeness (QED) is 0.546. The Morgan fingerprint density at radius 3 is 2.59 bits per heavy atom. The van der Waals surface area contributed by atoms with E-state index in [4.69, 9.17) is 16.3 Å². The molecule has 1 atom stereocenters. The van der Waals surface area contributed by atoms with Crippen LogP contribution in [0.2, 0.25) is 4.34 Å². The zero-order valence-corrected chi connectivity index (χ0v) is 20.7. The van der Waals surface area contributed by atoms with Crippen LogP contribution in [-0.4, -0.2) is 67.6 Å². The number of likely N-dealkylation sites (N-methyl/N-ethyl adjacent to an activating group) is 1. The molecule has 34 heavy (non-hydrogen) atoms. The number of thiophene rings is 1. The van der Waals surface area contributed by atoms with Crippen molar-refractivity contribution in [3.05, 3.63) is 45.6 Å². The van der Waals surface area contributed by atoms with Gasteiger partial charge in [0.25, 0.3) is 11.8 Å². The molecule has 2 N–H and O–H groups in total. The van der Waals surface area contributed by atoms with E-state index in [0.29, 0.717) is 40.6 Å². The van der Waals surface area contributed by atoms with E-state index in [-0.39, 0.29) is 30.9 Å². The molecule has 1 saturated heterocycles. The van der Waals surface area contributed by atoms with Crippen LogP contribution in [0, 0.1) is 0 Å². The van der Waals surface area contributed by atoms with Gasteiger partial charge in [0.2, 0.25) is 5.91 Å². The summed E-state index contributed by atoms with van der Waals surface area (Å²) in [6.45, 7) is 4.04. The summed E-state index contributed by atoms with van der Waals surface area (Å²) in [4.78, 5) is 42.4. The highest BCUT2D eigenvalue weighted by Crippen LogP contribution is 2.27. The molecule has 1 saturated carbocycles. The number of carbonyl (C=O) groups excluding carboxylic acids is 3. The Bertz CT molecular complexity index is 1020. The lowest BCUT2D eigenvalue weighted by Gasteiger charge is -2.41. The molecule has 0 unspecified atom stereocenters. The van der Waals surface area contributed by atoms with Crippen LogP contribution in [0.25, 0.3) is 0 Å². The van der Waals surface area contributed by atoms with Crippen LogP contribution in [0.1, 0.15) is 35.9 Å². The SMILES string of the molecule is CCN(C1CCC1)[C@H](CNC(=O)c1ccc(Cl)s1)C(=O)Nc1ccc(N2CCOCC2=O)cc1. The fourth-order valence-electron chi connectivity index (χ4n) is 4.27. The molecule has 0 bridgehead atoms. The monoisotopic (exact) mass is 504 g/mol. The molecule has 1 aliphatic heterocycles. The summed E-state index contributed by atoms with van der Waals surface area (Å²) in [7, 11) is 0. The Balaban J connectivity index is 1.43. The maximum absolute atomic E-state index is 13.3. The molecule has 1 aromatic heterocycles. The van der Waals surface area contributed by atoms with Crippen molar-refractivity contribution < 1.29 is 19.1 Å². The lowest BCUT2D eigenvalue weighted by Crippen LogP contribution is -2.56. The molecule has 0 radical (unpaired) electrons. The highest BCUT2D eigenvalue weighted by atomic mass is 35.5. The average Bonchev–Trinajstić information content (AvgIpc) is 3.24. The largest absolute Gasteiger partial charge is 0.370 e. The van der Waals surface area contributed by atoms with Crippen LogP contribution < -0.4 is 15.5 Å². The van der Waals surface area contributed by atoms with E-state index in [1.54, 1.807) is 29.2 Å². The van der Waals surface area contributed by atoms with Gasteiger partial charge in [-0.25, -0.2) is 0 Å². The van der Waals surface area contributed by atoms with Crippen LogP contribution in [0.15, 0.2) is 36.4 Å². The number of carbonyl (C=O) groups is 3. The van der Waals surface area contributed by atoms with Gasteiger partial charge in [-0.1, -0.05) is 24.9 Å². The predicted molar refractivity (Wildman–Crippen MR) is 134 cm³/mol. The van der Waals surface area contributed by atoms with Crippen LogP contribution in [0.4, 0.5) is 11.4 Å². The average molecular weight is 505 g/mol. The number of rotatable bonds is 9. The lowest BCUT2D eigenvalue weighted by molar-refractivity contribution is -0.125. The maximum Gasteiger partial charge on any atom is 0.261 e. The number of nitrogens with one attached hydrogen (secondary N) is 2. The van der Waals surface area contributed by atoms with Crippen molar-refractivity contribution in [2.24, 2.45) is 0 Å². The molecule has 2 aliphatic rings. The minimum atomic E-state index is -0.504. The Labute approximate surface area is 208 Å². The van der Waals surface area contributed by atoms with Gasteiger partial charge in [-0.05, 0) is 55.8 Å². The normalized spacial score (nSPS) is 17.4. The number of hydrogen-bond donors (Lipinski definition) is 2. The highest BCUT2D eigenvalue weighted by molar-refractivity contribution is 7.18. The van der Waals surface area contributed by atoms with Crippen LogP contribution in [0.3, 0.4) is 0 Å². The lowest BCUT2D eigenvalue weighted by atomic mass is 9.90. The first kappa shape index (κ1) is 24.7. The third kappa shape index (κ3) is 5.78. The first-order valence-electron chi connectivity index (χ1n) is 11.5. The van der Waals surface area contributed by atoms with E-state index >= 15 is 0 Å². The summed E-state index contributed by atoms with van der Waals surface area (Å²) in [5.74, 6) is -0.489. The molecule has 10 heteroatoms. The summed E-state index contributed by atoms with van der Waals surface area (Å²) < 4.78 is 5.73. The molecule has 0 spiro atoms. The number of ether oxygens (including phenoxy) is 1. The molecule has 3 amide bonds. The highest BCUT2D eigenvalue weighted by Gasteiger charge is 2.34. The van der Waals surface area contributed by atoms with Crippen LogP contribution >= 0.6 is 22.9 Å². The van der Waals surface area contributed by atoms with Crippen molar-refractivity contribution in [1.29, 1.82) is 0 Å². The van der Waals surface area contributed by atoms with Crippen molar-refractivity contribution in [3.63, 3.8) is 0 Å². The van der Waals surface area contributed by atoms with Gasteiger partial charge in [0.15, 0.2) is 0 Å². The molecule has 1 aromatic carbocycles. The number of amides is 3. The summed E-state index contributed by atoms with van der Waals surface area (Å²) in [5, 5.41) is 5.90. The van der Waals surface area contributed by atoms with Gasteiger partial charge < -0.3 is 20.3 Å². The minimum Gasteiger partial charge on any atom is -0.370 e. The summed E-state index contributed by atoms with van der Waals surface area (Å²) in [5.41, 5.74) is 1.41. The summed E-state index contributed by atoms with van der Waals surface area (Å²) in [6, 6.07) is 10.4. The summed E-state index contributed by atoms with van der Waals surface area (Å²) >= 11 is 7.17. The van der Waals surface area contributed by atoms with E-state index in [1.165, 1.54) is 11.3 Å². The van der Waals surface area contributed by atoms with Crippen molar-refractivity contribution in [1.82, 2.24) is 10.2 Å². The van der Waals surface area contributed by atoms with E-state index in [0.717, 1.165) is 24.9 Å². The number of hydrogen-bond acceptors (Lipinski definition) is 6. The van der Waals surface area contributed by atoms with Crippen molar-refractivity contribution in [3.8, 4) is 0 Å². The van der Waals surface area contributed by atoms with Gasteiger partial charge in [-0.15, -0.1) is 11.3 Å². The standard InChI is InChI=1S/C24H29ClN4O4S/c1-2-28(17-4-3-5-17)19(14-26-24(32)20-10-11-21(25)34-20)23(31)27-16-6-8-18(9-7-16)29-12-13-33-15-22(29)30/h6-11,17,19H,2-5,12-15H2,1H3,(H,26,32)(H,27,31)/t19-/m1/s1. The van der Waals surface area contributed by atoms with Crippen LogP contribution in [0.5, 0.6) is 0 Å². The minimum absolute atomic E-state index is 0.0787. The van der Waals surface area contributed by atoms with Gasteiger partial charge in [-0.2, -0.15) is 0 Å². The molecule has 2 fully saturated rings. The van der Waals surface area contributed by atoms with Gasteiger partial charge in [0, 0.05) is 30.5 Å². The number of morpholine rings is 1. The molecule has 8 nitrogen and oxygen atoms in total. The smallest absolute Gasteiger partial charge is 0.261 e. The Kier molecular flexibility index (Phi) is 8.20. The maximum atomic E-state index is 13.3. The molecule has 4 rings (SSSR count). The second-order valence-corrected chi connectivity index (χ2v) is 10.1. The third-order valence-electron chi connectivity index (χ3n) is 6.30. The molecule has 182 valence electrons. The van der Waals surface area contributed by atoms with Crippen molar-refractivity contribution >= 4 is 52.0 Å². The molecule has 1 aliphatic carbocycles. The first-order chi connectivity index (χ1) is 16.5. The van der Waals surface area contributed by atoms with Crippen molar-refractivity contribution in [2.45, 2.75) is 38.3 Å².